The Balaban J connectivity index is 3.50. The van der Waals surface area contributed by atoms with Crippen LogP contribution in [0.2, 0.25) is 0 Å². The highest BCUT2D eigenvalue weighted by Crippen LogP contribution is 1.99. The first-order valence-electron chi connectivity index (χ1n) is 5.08. The van der Waals surface area contributed by atoms with Crippen LogP contribution in [0, 0.1) is 12.3 Å². The van der Waals surface area contributed by atoms with Gasteiger partial charge in [-0.3, -0.25) is 4.79 Å². The first-order chi connectivity index (χ1) is 6.74. The van der Waals surface area contributed by atoms with Crippen molar-refractivity contribution in [1.82, 2.24) is 5.32 Å². The van der Waals surface area contributed by atoms with Crippen molar-refractivity contribution >= 4 is 5.91 Å². The SMILES string of the molecule is C#CCCCCC(=O)N[C@H](CC)CO. The average Bonchev–Trinajstić information content (AvgIpc) is 2.21. The van der Waals surface area contributed by atoms with Crippen molar-refractivity contribution in [3.63, 3.8) is 0 Å². The summed E-state index contributed by atoms with van der Waals surface area (Å²) in [6.45, 7) is 1.94. The molecule has 0 unspecified atom stereocenters. The summed E-state index contributed by atoms with van der Waals surface area (Å²) < 4.78 is 0. The fourth-order valence-electron chi connectivity index (χ4n) is 1.09. The molecule has 3 heteroatoms. The maximum absolute atomic E-state index is 11.3. The van der Waals surface area contributed by atoms with Gasteiger partial charge in [-0.25, -0.2) is 0 Å². The van der Waals surface area contributed by atoms with Gasteiger partial charge in [0, 0.05) is 12.8 Å². The Bertz CT molecular complexity index is 192. The largest absolute Gasteiger partial charge is 0.394 e. The summed E-state index contributed by atoms with van der Waals surface area (Å²) in [7, 11) is 0. The lowest BCUT2D eigenvalue weighted by Crippen LogP contribution is -2.36. The van der Waals surface area contributed by atoms with Crippen LogP contribution in [0.5, 0.6) is 0 Å². The van der Waals surface area contributed by atoms with E-state index in [0.29, 0.717) is 6.42 Å². The van der Waals surface area contributed by atoms with Gasteiger partial charge in [0.1, 0.15) is 0 Å². The molecule has 3 nitrogen and oxygen atoms in total. The van der Waals surface area contributed by atoms with E-state index in [1.807, 2.05) is 6.92 Å². The van der Waals surface area contributed by atoms with Gasteiger partial charge in [0.25, 0.3) is 0 Å². The number of hydrogen-bond donors (Lipinski definition) is 2. The van der Waals surface area contributed by atoms with Gasteiger partial charge in [0.15, 0.2) is 0 Å². The molecule has 0 aromatic heterocycles. The quantitative estimate of drug-likeness (QED) is 0.474. The number of unbranched alkanes of at least 4 members (excludes halogenated alkanes) is 2. The molecule has 0 heterocycles. The van der Waals surface area contributed by atoms with E-state index in [1.54, 1.807) is 0 Å². The molecular weight excluding hydrogens is 178 g/mol. The molecule has 1 atom stereocenters. The summed E-state index contributed by atoms with van der Waals surface area (Å²) in [4.78, 5) is 11.3. The maximum Gasteiger partial charge on any atom is 0.220 e. The molecule has 0 aliphatic heterocycles. The summed E-state index contributed by atoms with van der Waals surface area (Å²) >= 11 is 0. The van der Waals surface area contributed by atoms with Crippen LogP contribution in [0.3, 0.4) is 0 Å². The number of carbonyl (C=O) groups excluding carboxylic acids is 1. The molecule has 2 N–H and O–H groups in total. The van der Waals surface area contributed by atoms with E-state index in [0.717, 1.165) is 25.7 Å². The molecule has 0 saturated heterocycles. The minimum absolute atomic E-state index is 0.00271. The van der Waals surface area contributed by atoms with Crippen LogP contribution < -0.4 is 5.32 Å². The van der Waals surface area contributed by atoms with E-state index in [4.69, 9.17) is 11.5 Å². The van der Waals surface area contributed by atoms with Gasteiger partial charge in [-0.05, 0) is 19.3 Å². The van der Waals surface area contributed by atoms with Gasteiger partial charge >= 0.3 is 0 Å². The number of rotatable bonds is 7. The van der Waals surface area contributed by atoms with E-state index < -0.39 is 0 Å². The van der Waals surface area contributed by atoms with Crippen molar-refractivity contribution in [3.8, 4) is 12.3 Å². The first-order valence-corrected chi connectivity index (χ1v) is 5.08. The Labute approximate surface area is 85.9 Å². The van der Waals surface area contributed by atoms with E-state index >= 15 is 0 Å². The second kappa shape index (κ2) is 8.58. The third-order valence-corrected chi connectivity index (χ3v) is 2.05. The van der Waals surface area contributed by atoms with E-state index in [9.17, 15) is 4.79 Å². The number of carbonyl (C=O) groups is 1. The lowest BCUT2D eigenvalue weighted by Gasteiger charge is -2.13. The van der Waals surface area contributed by atoms with Gasteiger partial charge in [-0.15, -0.1) is 12.3 Å². The van der Waals surface area contributed by atoms with Gasteiger partial charge in [-0.1, -0.05) is 6.92 Å². The Hall–Kier alpha value is -1.01. The number of aliphatic hydroxyl groups is 1. The predicted molar refractivity (Wildman–Crippen MR) is 56.6 cm³/mol. The number of nitrogens with one attached hydrogen (secondary N) is 1. The molecule has 0 aromatic rings. The molecule has 0 radical (unpaired) electrons. The summed E-state index contributed by atoms with van der Waals surface area (Å²) in [6, 6.07) is -0.102. The minimum atomic E-state index is -0.102. The molecule has 0 fully saturated rings. The third-order valence-electron chi connectivity index (χ3n) is 2.05. The summed E-state index contributed by atoms with van der Waals surface area (Å²) in [5, 5.41) is 11.6. The van der Waals surface area contributed by atoms with Crippen molar-refractivity contribution < 1.29 is 9.90 Å². The van der Waals surface area contributed by atoms with Crippen molar-refractivity contribution in [3.05, 3.63) is 0 Å². The maximum atomic E-state index is 11.3. The lowest BCUT2D eigenvalue weighted by atomic mass is 10.1. The Morgan fingerprint density at radius 3 is 2.79 bits per heavy atom. The lowest BCUT2D eigenvalue weighted by molar-refractivity contribution is -0.122. The van der Waals surface area contributed by atoms with Gasteiger partial charge < -0.3 is 10.4 Å². The third kappa shape index (κ3) is 6.50. The van der Waals surface area contributed by atoms with Gasteiger partial charge in [-0.2, -0.15) is 0 Å². The number of amides is 1. The predicted octanol–water partition coefficient (Wildman–Crippen LogP) is 1.07. The van der Waals surface area contributed by atoms with Crippen molar-refractivity contribution in [1.29, 1.82) is 0 Å². The zero-order valence-corrected chi connectivity index (χ0v) is 8.75. The Morgan fingerprint density at radius 2 is 2.29 bits per heavy atom. The van der Waals surface area contributed by atoms with E-state index in [1.165, 1.54) is 0 Å². The normalized spacial score (nSPS) is 11.8. The molecule has 0 aromatic carbocycles. The summed E-state index contributed by atoms with van der Waals surface area (Å²) in [5.74, 6) is 2.54. The monoisotopic (exact) mass is 197 g/mol. The molecule has 1 amide bonds. The molecule has 80 valence electrons. The van der Waals surface area contributed by atoms with Gasteiger partial charge in [0.05, 0.1) is 12.6 Å². The van der Waals surface area contributed by atoms with Crippen molar-refractivity contribution in [2.75, 3.05) is 6.61 Å². The van der Waals surface area contributed by atoms with Crippen LogP contribution >= 0.6 is 0 Å². The molecule has 0 spiro atoms. The highest BCUT2D eigenvalue weighted by Gasteiger charge is 2.07. The smallest absolute Gasteiger partial charge is 0.220 e. The van der Waals surface area contributed by atoms with Crippen LogP contribution in [0.4, 0.5) is 0 Å². The molecule has 0 bridgehead atoms. The van der Waals surface area contributed by atoms with Crippen LogP contribution in [0.25, 0.3) is 0 Å². The highest BCUT2D eigenvalue weighted by molar-refractivity contribution is 5.76. The van der Waals surface area contributed by atoms with Crippen LogP contribution in [0.15, 0.2) is 0 Å². The number of hydrogen-bond acceptors (Lipinski definition) is 2. The molecule has 14 heavy (non-hydrogen) atoms. The number of aliphatic hydroxyl groups excluding tert-OH is 1. The fourth-order valence-corrected chi connectivity index (χ4v) is 1.09. The van der Waals surface area contributed by atoms with Crippen LogP contribution in [-0.4, -0.2) is 23.7 Å². The first kappa shape index (κ1) is 13.0. The van der Waals surface area contributed by atoms with Crippen LogP contribution in [-0.2, 0) is 4.79 Å². The van der Waals surface area contributed by atoms with Crippen molar-refractivity contribution in [2.45, 2.75) is 45.1 Å². The average molecular weight is 197 g/mol. The van der Waals surface area contributed by atoms with Gasteiger partial charge in [0.2, 0.25) is 5.91 Å². The number of terminal acetylenes is 1. The minimum Gasteiger partial charge on any atom is -0.394 e. The van der Waals surface area contributed by atoms with E-state index in [-0.39, 0.29) is 18.6 Å². The highest BCUT2D eigenvalue weighted by atomic mass is 16.3. The molecule has 0 saturated carbocycles. The fraction of sp³-hybridized carbons (Fsp3) is 0.727. The molecule has 0 aliphatic rings. The summed E-state index contributed by atoms with van der Waals surface area (Å²) in [5.41, 5.74) is 0. The topological polar surface area (TPSA) is 49.3 Å². The van der Waals surface area contributed by atoms with Crippen molar-refractivity contribution in [2.24, 2.45) is 0 Å². The zero-order chi connectivity index (χ0) is 10.8. The molecular formula is C11H19NO2. The standard InChI is InChI=1S/C11H19NO2/c1-3-5-6-7-8-11(14)12-10(4-2)9-13/h1,10,13H,4-9H2,2H3,(H,12,14)/t10-/m1/s1. The second-order valence-electron chi connectivity index (χ2n) is 3.27. The second-order valence-corrected chi connectivity index (χ2v) is 3.27. The molecule has 0 rings (SSSR count). The zero-order valence-electron chi connectivity index (χ0n) is 8.75. The molecule has 0 aliphatic carbocycles. The van der Waals surface area contributed by atoms with E-state index in [2.05, 4.69) is 11.2 Å². The summed E-state index contributed by atoms with van der Waals surface area (Å²) in [6.07, 6.45) is 8.77. The Morgan fingerprint density at radius 1 is 1.57 bits per heavy atom. The van der Waals surface area contributed by atoms with Crippen LogP contribution in [0.1, 0.15) is 39.0 Å². The Kier molecular flexibility index (Phi) is 7.96.